The first-order chi connectivity index (χ1) is 16.9. The van der Waals surface area contributed by atoms with Crippen molar-refractivity contribution in [3.05, 3.63) is 121 Å². The Morgan fingerprint density at radius 2 is 0.971 bits per heavy atom. The molecular formula is C32H20O2. The molecule has 0 spiro atoms. The monoisotopic (exact) mass is 436 g/mol. The molecule has 0 N–H and O–H groups in total. The largest absolute Gasteiger partial charge is 0.455 e. The molecule has 0 saturated carbocycles. The van der Waals surface area contributed by atoms with Gasteiger partial charge in [-0.2, -0.15) is 0 Å². The lowest BCUT2D eigenvalue weighted by Crippen LogP contribution is -1.86. The summed E-state index contributed by atoms with van der Waals surface area (Å²) in [5, 5.41) is 4.37. The number of rotatable bonds is 3. The predicted molar refractivity (Wildman–Crippen MR) is 140 cm³/mol. The minimum absolute atomic E-state index is 0.831. The Kier molecular flexibility index (Phi) is 4.18. The molecule has 2 heterocycles. The molecule has 0 atom stereocenters. The van der Waals surface area contributed by atoms with Crippen LogP contribution < -0.4 is 0 Å². The maximum Gasteiger partial charge on any atom is 0.147 e. The van der Waals surface area contributed by atoms with Gasteiger partial charge in [-0.15, -0.1) is 0 Å². The highest BCUT2D eigenvalue weighted by Gasteiger charge is 2.23. The Bertz CT molecular complexity index is 1790. The zero-order valence-corrected chi connectivity index (χ0v) is 18.4. The molecular weight excluding hydrogens is 416 g/mol. The van der Waals surface area contributed by atoms with Gasteiger partial charge in [-0.05, 0) is 23.3 Å². The fraction of sp³-hybridized carbons (Fsp3) is 0. The van der Waals surface area contributed by atoms with Crippen LogP contribution >= 0.6 is 0 Å². The molecule has 2 aromatic heterocycles. The molecule has 0 bridgehead atoms. The highest BCUT2D eigenvalue weighted by atomic mass is 16.4. The summed E-state index contributed by atoms with van der Waals surface area (Å²) in [5.74, 6) is 1.70. The second kappa shape index (κ2) is 7.50. The topological polar surface area (TPSA) is 26.3 Å². The van der Waals surface area contributed by atoms with E-state index in [1.54, 1.807) is 0 Å². The highest BCUT2D eigenvalue weighted by molar-refractivity contribution is 6.15. The third-order valence-electron chi connectivity index (χ3n) is 6.52. The molecule has 34 heavy (non-hydrogen) atoms. The summed E-state index contributed by atoms with van der Waals surface area (Å²) in [6.07, 6.45) is 0. The number of fused-ring (bicyclic) bond motifs is 4. The fourth-order valence-electron chi connectivity index (χ4n) is 4.95. The van der Waals surface area contributed by atoms with Crippen molar-refractivity contribution in [2.75, 3.05) is 0 Å². The summed E-state index contributed by atoms with van der Waals surface area (Å²) < 4.78 is 13.2. The fourth-order valence-corrected chi connectivity index (χ4v) is 4.95. The number of hydrogen-bond donors (Lipinski definition) is 0. The van der Waals surface area contributed by atoms with Crippen LogP contribution in [0.3, 0.4) is 0 Å². The molecule has 7 aromatic rings. The predicted octanol–water partition coefficient (Wildman–Crippen LogP) is 9.33. The third kappa shape index (κ3) is 2.82. The van der Waals surface area contributed by atoms with Crippen molar-refractivity contribution >= 4 is 32.7 Å². The highest BCUT2D eigenvalue weighted by Crippen LogP contribution is 2.47. The Morgan fingerprint density at radius 3 is 1.71 bits per heavy atom. The van der Waals surface area contributed by atoms with E-state index in [1.807, 2.05) is 36.4 Å². The Morgan fingerprint density at radius 1 is 0.382 bits per heavy atom. The quantitative estimate of drug-likeness (QED) is 0.276. The van der Waals surface area contributed by atoms with Gasteiger partial charge in [0.25, 0.3) is 0 Å². The van der Waals surface area contributed by atoms with Crippen LogP contribution in [0.4, 0.5) is 0 Å². The Hall–Kier alpha value is -4.56. The van der Waals surface area contributed by atoms with Gasteiger partial charge in [-0.1, -0.05) is 109 Å². The van der Waals surface area contributed by atoms with Gasteiger partial charge < -0.3 is 8.83 Å². The first-order valence-corrected chi connectivity index (χ1v) is 11.5. The van der Waals surface area contributed by atoms with Gasteiger partial charge in [0.05, 0.1) is 5.56 Å². The van der Waals surface area contributed by atoms with E-state index in [0.717, 1.165) is 66.5 Å². The smallest absolute Gasteiger partial charge is 0.147 e. The second-order valence-electron chi connectivity index (χ2n) is 8.50. The van der Waals surface area contributed by atoms with E-state index in [-0.39, 0.29) is 0 Å². The lowest BCUT2D eigenvalue weighted by atomic mass is 9.94. The van der Waals surface area contributed by atoms with Crippen molar-refractivity contribution in [2.24, 2.45) is 0 Å². The average molecular weight is 437 g/mol. The molecule has 0 fully saturated rings. The standard InChI is InChI=1S/C32H20O2/c1-3-11-21(12-4-1)23-19-20-27-24-15-9-10-18-28(24)33-31(27)29(23)32-26-17-8-7-16-25(26)30(34-32)22-13-5-2-6-14-22/h1-20H. The summed E-state index contributed by atoms with van der Waals surface area (Å²) in [6, 6.07) is 41.7. The molecule has 0 saturated heterocycles. The van der Waals surface area contributed by atoms with Crippen LogP contribution in [0.1, 0.15) is 0 Å². The van der Waals surface area contributed by atoms with Gasteiger partial charge in [-0.25, -0.2) is 0 Å². The first kappa shape index (κ1) is 19.0. The normalized spacial score (nSPS) is 11.5. The molecule has 2 nitrogen and oxygen atoms in total. The molecule has 2 heteroatoms. The average Bonchev–Trinajstić information content (AvgIpc) is 3.48. The third-order valence-corrected chi connectivity index (χ3v) is 6.52. The van der Waals surface area contributed by atoms with E-state index in [1.165, 1.54) is 0 Å². The summed E-state index contributed by atoms with van der Waals surface area (Å²) >= 11 is 0. The van der Waals surface area contributed by atoms with Gasteiger partial charge in [0.15, 0.2) is 0 Å². The SMILES string of the molecule is c1ccc(-c2ccc3c(oc4ccccc43)c2-c2oc(-c3ccccc3)c3ccccc23)cc1. The second-order valence-corrected chi connectivity index (χ2v) is 8.50. The molecule has 0 aliphatic carbocycles. The van der Waals surface area contributed by atoms with Crippen LogP contribution in [0.2, 0.25) is 0 Å². The van der Waals surface area contributed by atoms with Gasteiger partial charge in [0, 0.05) is 27.1 Å². The number of benzene rings is 5. The minimum Gasteiger partial charge on any atom is -0.455 e. The summed E-state index contributed by atoms with van der Waals surface area (Å²) in [7, 11) is 0. The zero-order chi connectivity index (χ0) is 22.5. The molecule has 0 aliphatic rings. The maximum atomic E-state index is 6.74. The molecule has 0 radical (unpaired) electrons. The lowest BCUT2D eigenvalue weighted by Gasteiger charge is -2.10. The van der Waals surface area contributed by atoms with Crippen LogP contribution in [0.25, 0.3) is 66.5 Å². The summed E-state index contributed by atoms with van der Waals surface area (Å²) in [5.41, 5.74) is 5.99. The van der Waals surface area contributed by atoms with E-state index in [9.17, 15) is 0 Å². The number of furan rings is 2. The van der Waals surface area contributed by atoms with Crippen LogP contribution in [0.15, 0.2) is 130 Å². The van der Waals surface area contributed by atoms with E-state index in [4.69, 9.17) is 8.83 Å². The minimum atomic E-state index is 0.831. The van der Waals surface area contributed by atoms with Crippen molar-refractivity contribution < 1.29 is 8.83 Å². The van der Waals surface area contributed by atoms with E-state index < -0.39 is 0 Å². The molecule has 0 unspecified atom stereocenters. The molecule has 160 valence electrons. The molecule has 0 aliphatic heterocycles. The van der Waals surface area contributed by atoms with E-state index >= 15 is 0 Å². The molecule has 0 amide bonds. The summed E-state index contributed by atoms with van der Waals surface area (Å²) in [4.78, 5) is 0. The van der Waals surface area contributed by atoms with Crippen molar-refractivity contribution in [3.63, 3.8) is 0 Å². The number of hydrogen-bond acceptors (Lipinski definition) is 2. The Labute approximate surface area is 196 Å². The molecule has 7 rings (SSSR count). The van der Waals surface area contributed by atoms with E-state index in [2.05, 4.69) is 84.9 Å². The van der Waals surface area contributed by atoms with Crippen molar-refractivity contribution in [1.29, 1.82) is 0 Å². The Balaban J connectivity index is 1.63. The van der Waals surface area contributed by atoms with Crippen molar-refractivity contribution in [2.45, 2.75) is 0 Å². The lowest BCUT2D eigenvalue weighted by molar-refractivity contribution is 0.599. The van der Waals surface area contributed by atoms with Gasteiger partial charge in [-0.3, -0.25) is 0 Å². The van der Waals surface area contributed by atoms with Gasteiger partial charge >= 0.3 is 0 Å². The van der Waals surface area contributed by atoms with Gasteiger partial charge in [0.1, 0.15) is 22.7 Å². The number of para-hydroxylation sites is 1. The summed E-state index contributed by atoms with van der Waals surface area (Å²) in [6.45, 7) is 0. The van der Waals surface area contributed by atoms with E-state index in [0.29, 0.717) is 0 Å². The first-order valence-electron chi connectivity index (χ1n) is 11.5. The van der Waals surface area contributed by atoms with Crippen LogP contribution in [-0.4, -0.2) is 0 Å². The van der Waals surface area contributed by atoms with Crippen LogP contribution in [0, 0.1) is 0 Å². The zero-order valence-electron chi connectivity index (χ0n) is 18.4. The molecule has 5 aromatic carbocycles. The maximum absolute atomic E-state index is 6.74. The van der Waals surface area contributed by atoms with Crippen molar-refractivity contribution in [3.8, 4) is 33.8 Å². The van der Waals surface area contributed by atoms with Gasteiger partial charge in [0.2, 0.25) is 0 Å². The van der Waals surface area contributed by atoms with Crippen molar-refractivity contribution in [1.82, 2.24) is 0 Å². The van der Waals surface area contributed by atoms with Crippen LogP contribution in [-0.2, 0) is 0 Å². The van der Waals surface area contributed by atoms with Crippen LogP contribution in [0.5, 0.6) is 0 Å².